The summed E-state index contributed by atoms with van der Waals surface area (Å²) in [6.07, 6.45) is -4.64. The van der Waals surface area contributed by atoms with Gasteiger partial charge < -0.3 is 9.84 Å². The van der Waals surface area contributed by atoms with E-state index in [4.69, 9.17) is 9.84 Å². The van der Waals surface area contributed by atoms with Gasteiger partial charge in [0.2, 0.25) is 0 Å². The number of halogens is 3. The van der Waals surface area contributed by atoms with Gasteiger partial charge in [0.05, 0.1) is 40.7 Å². The molecule has 2 heterocycles. The Morgan fingerprint density at radius 1 is 1.10 bits per heavy atom. The molecule has 158 valence electrons. The molecule has 0 aliphatic rings. The highest BCUT2D eigenvalue weighted by atomic mass is 19.4. The van der Waals surface area contributed by atoms with Crippen LogP contribution in [0.1, 0.15) is 21.6 Å². The van der Waals surface area contributed by atoms with Crippen LogP contribution in [0.15, 0.2) is 54.6 Å². The molecule has 2 aromatic heterocycles. The molecular weight excluding hydrogens is 411 g/mol. The Kier molecular flexibility index (Phi) is 4.88. The predicted molar refractivity (Wildman–Crippen MR) is 108 cm³/mol. The van der Waals surface area contributed by atoms with Gasteiger partial charge in [0.1, 0.15) is 5.75 Å². The second-order valence-electron chi connectivity index (χ2n) is 6.80. The van der Waals surface area contributed by atoms with Crippen molar-refractivity contribution in [3.8, 4) is 22.7 Å². The van der Waals surface area contributed by atoms with E-state index in [1.807, 2.05) is 0 Å². The molecule has 0 aliphatic carbocycles. The number of alkyl halides is 3. The van der Waals surface area contributed by atoms with Crippen LogP contribution in [0.3, 0.4) is 0 Å². The van der Waals surface area contributed by atoms with Crippen LogP contribution >= 0.6 is 0 Å². The highest BCUT2D eigenvalue weighted by Gasteiger charge is 2.36. The summed E-state index contributed by atoms with van der Waals surface area (Å²) in [5.74, 6) is -0.722. The monoisotopic (exact) mass is 427 g/mol. The van der Waals surface area contributed by atoms with Crippen molar-refractivity contribution in [3.05, 3.63) is 71.4 Å². The molecular formula is C22H16F3N3O3. The zero-order valence-corrected chi connectivity index (χ0v) is 16.4. The van der Waals surface area contributed by atoms with Gasteiger partial charge in [-0.3, -0.25) is 0 Å². The quantitative estimate of drug-likeness (QED) is 0.489. The second-order valence-corrected chi connectivity index (χ2v) is 6.80. The molecule has 0 fully saturated rings. The number of carboxylic acids is 1. The molecule has 0 saturated carbocycles. The Morgan fingerprint density at radius 2 is 1.77 bits per heavy atom. The molecule has 0 spiro atoms. The number of aryl methyl sites for hydroxylation is 1. The number of carboxylic acid groups (broad SMARTS) is 1. The zero-order chi connectivity index (χ0) is 22.3. The zero-order valence-electron chi connectivity index (χ0n) is 16.4. The Hall–Kier alpha value is -3.88. The Balaban J connectivity index is 2.03. The number of benzene rings is 2. The Morgan fingerprint density at radius 3 is 2.39 bits per heavy atom. The average molecular weight is 427 g/mol. The smallest absolute Gasteiger partial charge is 0.417 e. The third-order valence-corrected chi connectivity index (χ3v) is 4.86. The number of carbonyl (C=O) groups is 1. The fourth-order valence-corrected chi connectivity index (χ4v) is 3.43. The first-order valence-corrected chi connectivity index (χ1v) is 9.15. The molecule has 0 aliphatic heterocycles. The number of aromatic carboxylic acids is 1. The van der Waals surface area contributed by atoms with Crippen LogP contribution in [0.2, 0.25) is 0 Å². The van der Waals surface area contributed by atoms with Crippen LogP contribution in [0, 0.1) is 6.92 Å². The van der Waals surface area contributed by atoms with E-state index < -0.39 is 17.7 Å². The van der Waals surface area contributed by atoms with Gasteiger partial charge in [-0.05, 0) is 49.4 Å². The molecule has 6 nitrogen and oxygen atoms in total. The molecule has 0 amide bonds. The third kappa shape index (κ3) is 3.58. The summed E-state index contributed by atoms with van der Waals surface area (Å²) in [6, 6.07) is 13.3. The van der Waals surface area contributed by atoms with E-state index in [0.717, 1.165) is 6.07 Å². The minimum atomic E-state index is -4.64. The van der Waals surface area contributed by atoms with Crippen LogP contribution in [0.4, 0.5) is 13.2 Å². The highest BCUT2D eigenvalue weighted by Crippen LogP contribution is 2.40. The molecule has 9 heteroatoms. The van der Waals surface area contributed by atoms with E-state index in [2.05, 4.69) is 10.1 Å². The van der Waals surface area contributed by atoms with Gasteiger partial charge in [0, 0.05) is 5.56 Å². The van der Waals surface area contributed by atoms with Gasteiger partial charge in [0.15, 0.2) is 5.65 Å². The molecule has 0 unspecified atom stereocenters. The van der Waals surface area contributed by atoms with Gasteiger partial charge in [-0.25, -0.2) is 14.5 Å². The fourth-order valence-electron chi connectivity index (χ4n) is 3.43. The number of ether oxygens (including phenoxy) is 1. The first-order valence-electron chi connectivity index (χ1n) is 9.15. The molecule has 0 bridgehead atoms. The lowest BCUT2D eigenvalue weighted by molar-refractivity contribution is -0.136. The number of para-hydroxylation sites is 1. The van der Waals surface area contributed by atoms with Crippen molar-refractivity contribution in [2.45, 2.75) is 13.1 Å². The molecule has 2 aromatic carbocycles. The van der Waals surface area contributed by atoms with Crippen LogP contribution in [-0.4, -0.2) is 33.0 Å². The number of pyridine rings is 1. The lowest BCUT2D eigenvalue weighted by atomic mass is 10.0. The molecule has 0 radical (unpaired) electrons. The second kappa shape index (κ2) is 7.42. The van der Waals surface area contributed by atoms with E-state index in [-0.39, 0.29) is 28.0 Å². The number of methoxy groups -OCH3 is 1. The number of aromatic nitrogens is 3. The summed E-state index contributed by atoms with van der Waals surface area (Å²) in [5, 5.41) is 13.2. The lowest BCUT2D eigenvalue weighted by Crippen LogP contribution is -2.08. The molecule has 0 atom stereocenters. The van der Waals surface area contributed by atoms with Crippen molar-refractivity contribution in [1.29, 1.82) is 0 Å². The first kappa shape index (κ1) is 20.4. The average Bonchev–Trinajstić information content (AvgIpc) is 3.09. The highest BCUT2D eigenvalue weighted by molar-refractivity contribution is 5.89. The minimum absolute atomic E-state index is 0.0105. The maximum Gasteiger partial charge on any atom is 0.417 e. The summed E-state index contributed by atoms with van der Waals surface area (Å²) < 4.78 is 48.5. The molecule has 31 heavy (non-hydrogen) atoms. The number of nitrogens with zero attached hydrogens (tertiary/aromatic N) is 3. The van der Waals surface area contributed by atoms with Gasteiger partial charge in [0.25, 0.3) is 0 Å². The first-order chi connectivity index (χ1) is 14.7. The Labute approximate surface area is 174 Å². The summed E-state index contributed by atoms with van der Waals surface area (Å²) in [6.45, 7) is 1.48. The number of hydrogen-bond acceptors (Lipinski definition) is 4. The van der Waals surface area contributed by atoms with Gasteiger partial charge >= 0.3 is 12.1 Å². The molecule has 1 N–H and O–H groups in total. The summed E-state index contributed by atoms with van der Waals surface area (Å²) in [5.41, 5.74) is 0.241. The Bertz CT molecular complexity index is 1300. The normalized spacial score (nSPS) is 11.6. The van der Waals surface area contributed by atoms with Crippen molar-refractivity contribution in [1.82, 2.24) is 14.8 Å². The third-order valence-electron chi connectivity index (χ3n) is 4.86. The van der Waals surface area contributed by atoms with Crippen LogP contribution < -0.4 is 4.74 Å². The summed E-state index contributed by atoms with van der Waals surface area (Å²) in [7, 11) is 1.43. The topological polar surface area (TPSA) is 77.2 Å². The molecule has 4 rings (SSSR count). The van der Waals surface area contributed by atoms with E-state index in [9.17, 15) is 18.0 Å². The number of rotatable bonds is 4. The summed E-state index contributed by atoms with van der Waals surface area (Å²) >= 11 is 0. The van der Waals surface area contributed by atoms with Crippen LogP contribution in [0.25, 0.3) is 28.0 Å². The van der Waals surface area contributed by atoms with Crippen molar-refractivity contribution in [2.75, 3.05) is 7.11 Å². The SMILES string of the molecule is COc1ccccc1-c1cc(C(F)(F)F)c2c(C)nn(-c3ccc(C(=O)O)cc3)c2n1. The fraction of sp³-hybridized carbons (Fsp3) is 0.136. The van der Waals surface area contributed by atoms with Crippen molar-refractivity contribution in [3.63, 3.8) is 0 Å². The lowest BCUT2D eigenvalue weighted by Gasteiger charge is -2.13. The largest absolute Gasteiger partial charge is 0.496 e. The van der Waals surface area contributed by atoms with E-state index in [1.54, 1.807) is 24.3 Å². The van der Waals surface area contributed by atoms with Gasteiger partial charge in [-0.1, -0.05) is 12.1 Å². The van der Waals surface area contributed by atoms with Crippen molar-refractivity contribution >= 4 is 17.0 Å². The van der Waals surface area contributed by atoms with E-state index in [0.29, 0.717) is 17.0 Å². The molecule has 0 saturated heterocycles. The number of hydrogen-bond donors (Lipinski definition) is 1. The van der Waals surface area contributed by atoms with Crippen LogP contribution in [0.5, 0.6) is 5.75 Å². The van der Waals surface area contributed by atoms with Gasteiger partial charge in [-0.2, -0.15) is 18.3 Å². The number of fused-ring (bicyclic) bond motifs is 1. The van der Waals surface area contributed by atoms with Crippen molar-refractivity contribution < 1.29 is 27.8 Å². The van der Waals surface area contributed by atoms with E-state index in [1.165, 1.54) is 43.0 Å². The predicted octanol–water partition coefficient (Wildman–Crippen LogP) is 5.12. The van der Waals surface area contributed by atoms with Gasteiger partial charge in [-0.15, -0.1) is 0 Å². The maximum absolute atomic E-state index is 14.0. The standard InChI is InChI=1S/C22H16F3N3O3/c1-12-19-16(22(23,24)25)11-17(15-5-3-4-6-18(15)31-2)26-20(19)28(27-12)14-9-7-13(8-10-14)21(29)30/h3-11H,1-2H3,(H,29,30). The van der Waals surface area contributed by atoms with Crippen molar-refractivity contribution in [2.24, 2.45) is 0 Å². The van der Waals surface area contributed by atoms with E-state index >= 15 is 0 Å². The maximum atomic E-state index is 14.0. The minimum Gasteiger partial charge on any atom is -0.496 e. The molecule has 4 aromatic rings. The summed E-state index contributed by atoms with van der Waals surface area (Å²) in [4.78, 5) is 15.6. The van der Waals surface area contributed by atoms with Crippen LogP contribution in [-0.2, 0) is 6.18 Å².